The molecule has 1 aromatic heterocycles. The maximum absolute atomic E-state index is 12.3. The average Bonchev–Trinajstić information content (AvgIpc) is 2.48. The fourth-order valence-corrected chi connectivity index (χ4v) is 2.09. The Morgan fingerprint density at radius 3 is 2.90 bits per heavy atom. The number of anilines is 1. The Hall–Kier alpha value is -2.22. The third-order valence-corrected chi connectivity index (χ3v) is 3.28. The SMILES string of the molecule is CC(C)c1ncc(NN)c(C(=O)NC2CCCNC2=O)n1. The molecule has 0 radical (unpaired) electrons. The normalized spacial score (nSPS) is 18.3. The van der Waals surface area contributed by atoms with Crippen molar-refractivity contribution in [1.29, 1.82) is 0 Å². The van der Waals surface area contributed by atoms with Crippen molar-refractivity contribution in [3.63, 3.8) is 0 Å². The summed E-state index contributed by atoms with van der Waals surface area (Å²) in [5.41, 5.74) is 2.88. The van der Waals surface area contributed by atoms with E-state index < -0.39 is 11.9 Å². The number of rotatable bonds is 4. The van der Waals surface area contributed by atoms with Crippen LogP contribution in [0.3, 0.4) is 0 Å². The molecule has 0 aliphatic carbocycles. The van der Waals surface area contributed by atoms with Gasteiger partial charge in [-0.1, -0.05) is 13.8 Å². The monoisotopic (exact) mass is 292 g/mol. The molecule has 5 N–H and O–H groups in total. The zero-order valence-electron chi connectivity index (χ0n) is 12.1. The van der Waals surface area contributed by atoms with E-state index in [1.807, 2.05) is 13.8 Å². The number of hydrazine groups is 1. The third kappa shape index (κ3) is 3.46. The molecular weight excluding hydrogens is 272 g/mol. The van der Waals surface area contributed by atoms with Crippen LogP contribution in [0, 0.1) is 0 Å². The number of hydrogen-bond acceptors (Lipinski definition) is 6. The Labute approximate surface area is 122 Å². The lowest BCUT2D eigenvalue weighted by atomic mass is 10.1. The van der Waals surface area contributed by atoms with Gasteiger partial charge in [-0.25, -0.2) is 9.97 Å². The van der Waals surface area contributed by atoms with Crippen molar-refractivity contribution in [2.45, 2.75) is 38.6 Å². The Balaban J connectivity index is 2.20. The van der Waals surface area contributed by atoms with Crippen molar-refractivity contribution in [3.8, 4) is 0 Å². The van der Waals surface area contributed by atoms with E-state index in [-0.39, 0.29) is 17.5 Å². The highest BCUT2D eigenvalue weighted by Crippen LogP contribution is 2.16. The van der Waals surface area contributed by atoms with Gasteiger partial charge in [-0.05, 0) is 12.8 Å². The number of nitrogens with zero attached hydrogens (tertiary/aromatic N) is 2. The highest BCUT2D eigenvalue weighted by Gasteiger charge is 2.26. The highest BCUT2D eigenvalue weighted by atomic mass is 16.2. The number of amides is 2. The summed E-state index contributed by atoms with van der Waals surface area (Å²) in [6.45, 7) is 4.51. The van der Waals surface area contributed by atoms with Gasteiger partial charge in [0.15, 0.2) is 5.69 Å². The first kappa shape index (κ1) is 15.2. The zero-order valence-corrected chi connectivity index (χ0v) is 12.1. The van der Waals surface area contributed by atoms with Gasteiger partial charge in [0.25, 0.3) is 5.91 Å². The summed E-state index contributed by atoms with van der Waals surface area (Å²) in [6.07, 6.45) is 2.92. The van der Waals surface area contributed by atoms with Gasteiger partial charge in [0, 0.05) is 12.5 Å². The van der Waals surface area contributed by atoms with Crippen molar-refractivity contribution in [3.05, 3.63) is 17.7 Å². The van der Waals surface area contributed by atoms with E-state index >= 15 is 0 Å². The molecule has 21 heavy (non-hydrogen) atoms. The van der Waals surface area contributed by atoms with Crippen molar-refractivity contribution < 1.29 is 9.59 Å². The number of carbonyl (C=O) groups is 2. The molecule has 1 saturated heterocycles. The van der Waals surface area contributed by atoms with Gasteiger partial charge in [0.2, 0.25) is 5.91 Å². The molecule has 1 aliphatic heterocycles. The predicted octanol–water partition coefficient (Wildman–Crippen LogP) is -0.106. The fourth-order valence-electron chi connectivity index (χ4n) is 2.09. The minimum absolute atomic E-state index is 0.0846. The maximum Gasteiger partial charge on any atom is 0.272 e. The molecule has 1 fully saturated rings. The Kier molecular flexibility index (Phi) is 4.69. The fraction of sp³-hybridized carbons (Fsp3) is 0.538. The van der Waals surface area contributed by atoms with Crippen molar-refractivity contribution in [2.24, 2.45) is 5.84 Å². The number of carbonyl (C=O) groups excluding carboxylic acids is 2. The van der Waals surface area contributed by atoms with E-state index in [0.717, 1.165) is 6.42 Å². The molecule has 1 unspecified atom stereocenters. The molecule has 114 valence electrons. The van der Waals surface area contributed by atoms with E-state index in [1.165, 1.54) is 6.20 Å². The summed E-state index contributed by atoms with van der Waals surface area (Å²) in [5, 5.41) is 5.41. The van der Waals surface area contributed by atoms with Crippen LogP contribution in [0.4, 0.5) is 5.69 Å². The van der Waals surface area contributed by atoms with Crippen LogP contribution in [0.15, 0.2) is 6.20 Å². The highest BCUT2D eigenvalue weighted by molar-refractivity contribution is 6.00. The predicted molar refractivity (Wildman–Crippen MR) is 77.4 cm³/mol. The average molecular weight is 292 g/mol. The topological polar surface area (TPSA) is 122 Å². The van der Waals surface area contributed by atoms with Gasteiger partial charge in [0.1, 0.15) is 11.9 Å². The maximum atomic E-state index is 12.3. The van der Waals surface area contributed by atoms with Gasteiger partial charge >= 0.3 is 0 Å². The second-order valence-corrected chi connectivity index (χ2v) is 5.25. The summed E-state index contributed by atoms with van der Waals surface area (Å²) >= 11 is 0. The molecule has 1 atom stereocenters. The minimum Gasteiger partial charge on any atom is -0.354 e. The largest absolute Gasteiger partial charge is 0.354 e. The molecule has 0 aromatic carbocycles. The number of nitrogens with two attached hydrogens (primary N) is 1. The summed E-state index contributed by atoms with van der Waals surface area (Å²) < 4.78 is 0. The van der Waals surface area contributed by atoms with Crippen LogP contribution in [0.1, 0.15) is 48.9 Å². The lowest BCUT2D eigenvalue weighted by Crippen LogP contribution is -2.50. The standard InChI is InChI=1S/C13H20N6O2/c1-7(2)11-16-6-9(19-14)10(18-11)13(21)17-8-4-3-5-15-12(8)20/h6-8,19H,3-5,14H2,1-2H3,(H,15,20)(H,17,21). The van der Waals surface area contributed by atoms with Crippen molar-refractivity contribution in [1.82, 2.24) is 20.6 Å². The first-order chi connectivity index (χ1) is 10.0. The Morgan fingerprint density at radius 2 is 2.29 bits per heavy atom. The second kappa shape index (κ2) is 6.49. The third-order valence-electron chi connectivity index (χ3n) is 3.28. The number of hydrogen-bond donors (Lipinski definition) is 4. The number of piperidine rings is 1. The molecule has 2 amide bonds. The van der Waals surface area contributed by atoms with Crippen LogP contribution in [0.2, 0.25) is 0 Å². The Bertz CT molecular complexity index is 545. The van der Waals surface area contributed by atoms with Crippen molar-refractivity contribution >= 4 is 17.5 Å². The Morgan fingerprint density at radius 1 is 1.52 bits per heavy atom. The van der Waals surface area contributed by atoms with E-state index in [2.05, 4.69) is 26.0 Å². The summed E-state index contributed by atoms with van der Waals surface area (Å²) in [5.74, 6) is 5.41. The van der Waals surface area contributed by atoms with Gasteiger partial charge in [-0.15, -0.1) is 0 Å². The van der Waals surface area contributed by atoms with Crippen LogP contribution in [-0.4, -0.2) is 34.4 Å². The van der Waals surface area contributed by atoms with Gasteiger partial charge < -0.3 is 16.1 Å². The smallest absolute Gasteiger partial charge is 0.272 e. The molecule has 2 rings (SSSR count). The van der Waals surface area contributed by atoms with Crippen LogP contribution < -0.4 is 21.9 Å². The van der Waals surface area contributed by atoms with Gasteiger partial charge in [-0.3, -0.25) is 15.4 Å². The molecule has 1 aromatic rings. The van der Waals surface area contributed by atoms with Gasteiger partial charge in [-0.2, -0.15) is 0 Å². The number of nitrogens with one attached hydrogen (secondary N) is 3. The quantitative estimate of drug-likeness (QED) is 0.454. The second-order valence-electron chi connectivity index (χ2n) is 5.25. The van der Waals surface area contributed by atoms with E-state index in [9.17, 15) is 9.59 Å². The van der Waals surface area contributed by atoms with Crippen molar-refractivity contribution in [2.75, 3.05) is 12.0 Å². The molecule has 1 aliphatic rings. The first-order valence-electron chi connectivity index (χ1n) is 6.95. The van der Waals surface area contributed by atoms with Gasteiger partial charge in [0.05, 0.1) is 11.9 Å². The van der Waals surface area contributed by atoms with Crippen LogP contribution in [0.5, 0.6) is 0 Å². The summed E-state index contributed by atoms with van der Waals surface area (Å²) in [7, 11) is 0. The van der Waals surface area contributed by atoms with E-state index in [0.29, 0.717) is 24.5 Å². The molecule has 0 saturated carbocycles. The minimum atomic E-state index is -0.533. The lowest BCUT2D eigenvalue weighted by molar-refractivity contribution is -0.124. The molecule has 0 spiro atoms. The summed E-state index contributed by atoms with van der Waals surface area (Å²) in [6, 6.07) is -0.533. The molecule has 0 bridgehead atoms. The number of nitrogen functional groups attached to an aromatic ring is 1. The lowest BCUT2D eigenvalue weighted by Gasteiger charge is -2.23. The van der Waals surface area contributed by atoms with E-state index in [4.69, 9.17) is 5.84 Å². The molecule has 8 nitrogen and oxygen atoms in total. The van der Waals surface area contributed by atoms with Crippen LogP contribution in [-0.2, 0) is 4.79 Å². The summed E-state index contributed by atoms with van der Waals surface area (Å²) in [4.78, 5) is 32.4. The molecular formula is C13H20N6O2. The molecule has 2 heterocycles. The zero-order chi connectivity index (χ0) is 15.4. The van der Waals surface area contributed by atoms with E-state index in [1.54, 1.807) is 0 Å². The first-order valence-corrected chi connectivity index (χ1v) is 6.95. The van der Waals surface area contributed by atoms with Crippen LogP contribution >= 0.6 is 0 Å². The van der Waals surface area contributed by atoms with Crippen LogP contribution in [0.25, 0.3) is 0 Å². The number of aromatic nitrogens is 2. The molecule has 8 heteroatoms.